The van der Waals surface area contributed by atoms with Gasteiger partial charge in [-0.1, -0.05) is 120 Å². The summed E-state index contributed by atoms with van der Waals surface area (Å²) in [6.45, 7) is 0. The molecular formula is C34H20N2O4. The van der Waals surface area contributed by atoms with Crippen molar-refractivity contribution in [3.8, 4) is 0 Å². The van der Waals surface area contributed by atoms with Gasteiger partial charge in [-0.25, -0.2) is 9.59 Å². The molecule has 2 aliphatic heterocycles. The van der Waals surface area contributed by atoms with Gasteiger partial charge in [-0.05, 0) is 44.8 Å². The number of rotatable bonds is 4. The molecule has 6 nitrogen and oxygen atoms in total. The van der Waals surface area contributed by atoms with E-state index in [2.05, 4.69) is 10.3 Å². The lowest BCUT2D eigenvalue weighted by Gasteiger charge is -2.14. The van der Waals surface area contributed by atoms with Gasteiger partial charge in [-0.15, -0.1) is 0 Å². The average molecular weight is 521 g/mol. The fraction of sp³-hybridized carbons (Fsp3) is 0. The minimum Gasteiger partial charge on any atom is -0.312 e. The molecule has 7 rings (SSSR count). The van der Waals surface area contributed by atoms with Crippen LogP contribution in [0.3, 0.4) is 0 Å². The van der Waals surface area contributed by atoms with E-state index in [0.717, 1.165) is 43.8 Å². The van der Waals surface area contributed by atoms with Crippen LogP contribution in [0.4, 0.5) is 0 Å². The Morgan fingerprint density at radius 1 is 0.450 bits per heavy atom. The third kappa shape index (κ3) is 3.90. The summed E-state index contributed by atoms with van der Waals surface area (Å²) in [6.07, 6.45) is 3.70. The van der Waals surface area contributed by atoms with Crippen molar-refractivity contribution in [3.05, 3.63) is 143 Å². The van der Waals surface area contributed by atoms with Gasteiger partial charge in [0.15, 0.2) is 0 Å². The van der Waals surface area contributed by atoms with Crippen LogP contribution in [-0.2, 0) is 19.3 Å². The van der Waals surface area contributed by atoms with E-state index in [1.54, 1.807) is 0 Å². The monoisotopic (exact) mass is 520 g/mol. The summed E-state index contributed by atoms with van der Waals surface area (Å²) in [7, 11) is 0. The number of hydrogen-bond acceptors (Lipinski definition) is 6. The molecule has 5 aromatic carbocycles. The second-order valence-corrected chi connectivity index (χ2v) is 9.40. The van der Waals surface area contributed by atoms with Crippen molar-refractivity contribution < 1.29 is 19.3 Å². The van der Waals surface area contributed by atoms with E-state index in [9.17, 15) is 9.59 Å². The molecule has 0 saturated carbocycles. The van der Waals surface area contributed by atoms with Gasteiger partial charge < -0.3 is 9.68 Å². The first-order chi connectivity index (χ1) is 19.7. The Morgan fingerprint density at radius 2 is 0.775 bits per heavy atom. The molecule has 2 heterocycles. The predicted molar refractivity (Wildman–Crippen MR) is 156 cm³/mol. The molecule has 5 aromatic rings. The van der Waals surface area contributed by atoms with Gasteiger partial charge in [0, 0.05) is 11.1 Å². The largest absolute Gasteiger partial charge is 0.368 e. The number of carbonyl (C=O) groups excluding carboxylic acids is 2. The van der Waals surface area contributed by atoms with E-state index in [1.165, 1.54) is 0 Å². The van der Waals surface area contributed by atoms with Crippen LogP contribution in [0.5, 0.6) is 0 Å². The highest BCUT2D eigenvalue weighted by atomic mass is 16.7. The predicted octanol–water partition coefficient (Wildman–Crippen LogP) is 6.68. The molecule has 0 atom stereocenters. The van der Waals surface area contributed by atoms with Crippen LogP contribution >= 0.6 is 0 Å². The van der Waals surface area contributed by atoms with Gasteiger partial charge in [0.2, 0.25) is 0 Å². The summed E-state index contributed by atoms with van der Waals surface area (Å²) in [6, 6.07) is 34.8. The Morgan fingerprint density at radius 3 is 1.12 bits per heavy atom. The lowest BCUT2D eigenvalue weighted by atomic mass is 9.88. The van der Waals surface area contributed by atoms with E-state index in [-0.39, 0.29) is 0 Å². The molecular weight excluding hydrogens is 500 g/mol. The Labute approximate surface area is 229 Å². The minimum absolute atomic E-state index is 0.380. The van der Waals surface area contributed by atoms with Crippen molar-refractivity contribution in [1.29, 1.82) is 0 Å². The van der Waals surface area contributed by atoms with Gasteiger partial charge >= 0.3 is 11.9 Å². The first-order valence-electron chi connectivity index (χ1n) is 12.8. The molecule has 190 valence electrons. The summed E-state index contributed by atoms with van der Waals surface area (Å²) >= 11 is 0. The minimum atomic E-state index is -0.504. The molecule has 40 heavy (non-hydrogen) atoms. The number of benzene rings is 5. The van der Waals surface area contributed by atoms with E-state index in [4.69, 9.17) is 9.68 Å². The second kappa shape index (κ2) is 9.60. The highest BCUT2D eigenvalue weighted by Crippen LogP contribution is 2.37. The van der Waals surface area contributed by atoms with Crippen LogP contribution < -0.4 is 0 Å². The maximum Gasteiger partial charge on any atom is 0.368 e. The third-order valence-corrected chi connectivity index (χ3v) is 7.08. The van der Waals surface area contributed by atoms with Crippen molar-refractivity contribution in [3.63, 3.8) is 0 Å². The van der Waals surface area contributed by atoms with Gasteiger partial charge in [0.25, 0.3) is 0 Å². The molecule has 0 unspecified atom stereocenters. The summed E-state index contributed by atoms with van der Waals surface area (Å²) < 4.78 is 0. The first kappa shape index (κ1) is 23.5. The maximum atomic E-state index is 12.9. The van der Waals surface area contributed by atoms with Crippen LogP contribution in [0.15, 0.2) is 131 Å². The molecule has 0 N–H and O–H groups in total. The topological polar surface area (TPSA) is 77.3 Å². The Balaban J connectivity index is 1.47. The van der Waals surface area contributed by atoms with Crippen LogP contribution in [0, 0.1) is 0 Å². The fourth-order valence-corrected chi connectivity index (χ4v) is 5.22. The molecule has 0 spiro atoms. The lowest BCUT2D eigenvalue weighted by molar-refractivity contribution is -0.137. The van der Waals surface area contributed by atoms with E-state index >= 15 is 0 Å². The first-order valence-corrected chi connectivity index (χ1v) is 12.8. The smallest absolute Gasteiger partial charge is 0.312 e. The summed E-state index contributed by atoms with van der Waals surface area (Å²) in [4.78, 5) is 35.9. The Bertz CT molecular complexity index is 1770. The zero-order valence-electron chi connectivity index (χ0n) is 21.1. The molecule has 6 heteroatoms. The standard InChI is InChI=1S/C34H20N2O4/c37-33-29(31(35-39-33)21-11-3-1-4-12-21)19-27-23-15-7-9-17-25(23)28(26-18-10-8-16-24(26)27)20-30-32(36-40-34(30)38)22-13-5-2-6-14-22/h1-20H. The summed E-state index contributed by atoms with van der Waals surface area (Å²) in [5, 5.41) is 11.8. The highest BCUT2D eigenvalue weighted by molar-refractivity contribution is 6.34. The van der Waals surface area contributed by atoms with Crippen molar-refractivity contribution in [2.45, 2.75) is 0 Å². The molecule has 0 bridgehead atoms. The maximum absolute atomic E-state index is 12.9. The molecule has 0 aliphatic carbocycles. The highest BCUT2D eigenvalue weighted by Gasteiger charge is 2.29. The fourth-order valence-electron chi connectivity index (χ4n) is 5.22. The number of fused-ring (bicyclic) bond motifs is 2. The molecule has 2 aliphatic rings. The average Bonchev–Trinajstić information content (AvgIpc) is 3.56. The number of nitrogens with zero attached hydrogens (tertiary/aromatic N) is 2. The Hall–Kier alpha value is -5.62. The van der Waals surface area contributed by atoms with Crippen LogP contribution in [0.25, 0.3) is 33.7 Å². The van der Waals surface area contributed by atoms with Gasteiger partial charge in [-0.3, -0.25) is 0 Å². The molecule has 0 saturated heterocycles. The van der Waals surface area contributed by atoms with Crippen LogP contribution in [0.2, 0.25) is 0 Å². The second-order valence-electron chi connectivity index (χ2n) is 9.40. The number of oxime groups is 2. The molecule has 0 amide bonds. The number of carbonyl (C=O) groups is 2. The van der Waals surface area contributed by atoms with E-state index < -0.39 is 11.9 Å². The SMILES string of the molecule is O=C1ON=C(c2ccccc2)C1=Cc1c2ccccc2c(C=C2C(=O)ON=C2c2ccccc2)c2ccccc12. The van der Waals surface area contributed by atoms with Crippen molar-refractivity contribution in [2.75, 3.05) is 0 Å². The Kier molecular flexibility index (Phi) is 5.64. The number of hydrogen-bond donors (Lipinski definition) is 0. The van der Waals surface area contributed by atoms with E-state index in [1.807, 2.05) is 121 Å². The van der Waals surface area contributed by atoms with Crippen molar-refractivity contribution in [2.24, 2.45) is 10.3 Å². The van der Waals surface area contributed by atoms with Crippen LogP contribution in [-0.4, -0.2) is 23.4 Å². The van der Waals surface area contributed by atoms with E-state index in [0.29, 0.717) is 22.6 Å². The van der Waals surface area contributed by atoms with Gasteiger partial charge in [0.1, 0.15) is 11.4 Å². The van der Waals surface area contributed by atoms with Crippen molar-refractivity contribution >= 4 is 57.1 Å². The van der Waals surface area contributed by atoms with Gasteiger partial charge in [-0.2, -0.15) is 0 Å². The zero-order valence-corrected chi connectivity index (χ0v) is 21.1. The third-order valence-electron chi connectivity index (χ3n) is 7.08. The van der Waals surface area contributed by atoms with Gasteiger partial charge in [0.05, 0.1) is 11.1 Å². The van der Waals surface area contributed by atoms with Crippen LogP contribution in [0.1, 0.15) is 22.3 Å². The lowest BCUT2D eigenvalue weighted by Crippen LogP contribution is -2.07. The summed E-state index contributed by atoms with van der Waals surface area (Å²) in [5.41, 5.74) is 5.04. The zero-order chi connectivity index (χ0) is 27.1. The normalized spacial score (nSPS) is 16.9. The van der Waals surface area contributed by atoms with Crippen molar-refractivity contribution in [1.82, 2.24) is 0 Å². The molecule has 0 radical (unpaired) electrons. The molecule has 0 fully saturated rings. The molecule has 0 aromatic heterocycles. The quantitative estimate of drug-likeness (QED) is 0.150. The summed E-state index contributed by atoms with van der Waals surface area (Å²) in [5.74, 6) is -1.01.